The topological polar surface area (TPSA) is 0 Å². The quantitative estimate of drug-likeness (QED) is 0.542. The third-order valence-electron chi connectivity index (χ3n) is 1.49. The van der Waals surface area contributed by atoms with E-state index in [0.29, 0.717) is 0 Å². The van der Waals surface area contributed by atoms with Gasteiger partial charge in [-0.3, -0.25) is 0 Å². The molecule has 0 bridgehead atoms. The van der Waals surface area contributed by atoms with Gasteiger partial charge in [0, 0.05) is 0 Å². The predicted molar refractivity (Wildman–Crippen MR) is 47.6 cm³/mol. The summed E-state index contributed by atoms with van der Waals surface area (Å²) in [4.78, 5) is 0. The molecule has 0 heterocycles. The Bertz CT molecular complexity index is 179. The highest BCUT2D eigenvalue weighted by Crippen LogP contribution is 2.01. The minimum absolute atomic E-state index is 0.766. The first-order chi connectivity index (χ1) is 4.79. The van der Waals surface area contributed by atoms with Gasteiger partial charge in [0.15, 0.2) is 0 Å². The van der Waals surface area contributed by atoms with Crippen molar-refractivity contribution in [2.24, 2.45) is 0 Å². The van der Waals surface area contributed by atoms with Gasteiger partial charge in [0.05, 0.1) is 0 Å². The summed E-state index contributed by atoms with van der Waals surface area (Å²) in [5.41, 5.74) is 1.44. The average Bonchev–Trinajstić information content (AvgIpc) is 1.88. The second-order valence-corrected chi connectivity index (χ2v) is 3.08. The van der Waals surface area contributed by atoms with Crippen molar-refractivity contribution in [1.82, 2.24) is 0 Å². The Morgan fingerprint density at radius 1 is 1.10 bits per heavy atom. The van der Waals surface area contributed by atoms with Crippen LogP contribution in [0.5, 0.6) is 0 Å². The average molecular weight is 132 g/mol. The molecule has 0 fully saturated rings. The van der Waals surface area contributed by atoms with Gasteiger partial charge in [-0.15, -0.1) is 0 Å². The van der Waals surface area contributed by atoms with Crippen LogP contribution in [0.15, 0.2) is 30.3 Å². The highest BCUT2D eigenvalue weighted by Gasteiger charge is 1.98. The van der Waals surface area contributed by atoms with Gasteiger partial charge >= 0.3 is 0 Å². The maximum atomic E-state index is 2.24. The first-order valence-corrected chi connectivity index (χ1v) is 3.83. The highest BCUT2D eigenvalue weighted by molar-refractivity contribution is 6.55. The van der Waals surface area contributed by atoms with Crippen LogP contribution in [-0.2, 0) is 6.32 Å². The molecule has 0 atom stereocenters. The Morgan fingerprint density at radius 3 is 2.20 bits per heavy atom. The Morgan fingerprint density at radius 2 is 1.70 bits per heavy atom. The molecule has 0 spiro atoms. The molecule has 0 aliphatic carbocycles. The summed E-state index contributed by atoms with van der Waals surface area (Å²) >= 11 is 0. The molecule has 0 unspecified atom stereocenters. The molecule has 0 amide bonds. The largest absolute Gasteiger partial charge is 0.138 e. The zero-order valence-corrected chi connectivity index (χ0v) is 6.67. The Balaban J connectivity index is 2.59. The van der Waals surface area contributed by atoms with Gasteiger partial charge in [-0.25, -0.2) is 0 Å². The summed E-state index contributed by atoms with van der Waals surface area (Å²) in [5, 5.41) is 0. The summed E-state index contributed by atoms with van der Waals surface area (Å²) in [6, 6.07) is 10.6. The van der Waals surface area contributed by atoms with Crippen molar-refractivity contribution in [3.63, 3.8) is 0 Å². The van der Waals surface area contributed by atoms with E-state index in [9.17, 15) is 0 Å². The van der Waals surface area contributed by atoms with E-state index in [1.807, 2.05) is 0 Å². The molecule has 1 heteroatoms. The first kappa shape index (κ1) is 7.39. The van der Waals surface area contributed by atoms with Crippen LogP contribution < -0.4 is 0 Å². The highest BCUT2D eigenvalue weighted by atomic mass is 13.9. The van der Waals surface area contributed by atoms with Crippen LogP contribution in [0.2, 0.25) is 13.6 Å². The van der Waals surface area contributed by atoms with Gasteiger partial charge in [0.1, 0.15) is 6.71 Å². The molecule has 0 aliphatic heterocycles. The molecule has 0 aliphatic rings. The van der Waals surface area contributed by atoms with E-state index in [0.717, 1.165) is 6.71 Å². The number of rotatable bonds is 2. The molecule has 0 saturated carbocycles. The van der Waals surface area contributed by atoms with Gasteiger partial charge in [-0.1, -0.05) is 49.5 Å². The molecule has 1 aromatic carbocycles. The zero-order valence-electron chi connectivity index (χ0n) is 6.67. The van der Waals surface area contributed by atoms with E-state index in [1.54, 1.807) is 0 Å². The first-order valence-electron chi connectivity index (χ1n) is 3.83. The smallest absolute Gasteiger partial charge is 0.0860 e. The van der Waals surface area contributed by atoms with Crippen LogP contribution in [-0.4, -0.2) is 6.71 Å². The van der Waals surface area contributed by atoms with Crippen LogP contribution in [0.25, 0.3) is 0 Å². The van der Waals surface area contributed by atoms with E-state index in [1.165, 1.54) is 11.9 Å². The molecule has 0 N–H and O–H groups in total. The summed E-state index contributed by atoms with van der Waals surface area (Å²) in [6.45, 7) is 5.25. The van der Waals surface area contributed by atoms with Crippen LogP contribution in [0.3, 0.4) is 0 Å². The molecular formula is C9H13B. The summed E-state index contributed by atoms with van der Waals surface area (Å²) in [6.07, 6.45) is 1.20. The molecule has 0 nitrogen and oxygen atoms in total. The van der Waals surface area contributed by atoms with E-state index in [2.05, 4.69) is 44.0 Å². The third kappa shape index (κ3) is 2.26. The van der Waals surface area contributed by atoms with Gasteiger partial charge in [-0.2, -0.15) is 0 Å². The SMILES string of the molecule is CB(C)Cc1ccccc1. The van der Waals surface area contributed by atoms with Crippen molar-refractivity contribution in [2.75, 3.05) is 0 Å². The van der Waals surface area contributed by atoms with Crippen molar-refractivity contribution in [3.8, 4) is 0 Å². The summed E-state index contributed by atoms with van der Waals surface area (Å²) < 4.78 is 0. The molecule has 1 aromatic rings. The lowest BCUT2D eigenvalue weighted by Gasteiger charge is -1.99. The lowest BCUT2D eigenvalue weighted by molar-refractivity contribution is 1.35. The fourth-order valence-corrected chi connectivity index (χ4v) is 1.09. The monoisotopic (exact) mass is 132 g/mol. The van der Waals surface area contributed by atoms with Gasteiger partial charge in [-0.05, 0) is 6.32 Å². The van der Waals surface area contributed by atoms with Crippen molar-refractivity contribution >= 4 is 6.71 Å². The Hall–Kier alpha value is -0.715. The van der Waals surface area contributed by atoms with E-state index in [4.69, 9.17) is 0 Å². The van der Waals surface area contributed by atoms with E-state index in [-0.39, 0.29) is 0 Å². The predicted octanol–water partition coefficient (Wildman–Crippen LogP) is 2.52. The van der Waals surface area contributed by atoms with E-state index < -0.39 is 0 Å². The lowest BCUT2D eigenvalue weighted by Crippen LogP contribution is -2.04. The van der Waals surface area contributed by atoms with Crippen molar-refractivity contribution in [3.05, 3.63) is 35.9 Å². The fourth-order valence-electron chi connectivity index (χ4n) is 1.09. The molecule has 1 rings (SSSR count). The second-order valence-electron chi connectivity index (χ2n) is 3.08. The summed E-state index contributed by atoms with van der Waals surface area (Å²) in [7, 11) is 0. The Kier molecular flexibility index (Phi) is 2.55. The third-order valence-corrected chi connectivity index (χ3v) is 1.49. The van der Waals surface area contributed by atoms with Crippen LogP contribution in [0.4, 0.5) is 0 Å². The molecule has 10 heavy (non-hydrogen) atoms. The number of hydrogen-bond donors (Lipinski definition) is 0. The molecular weight excluding hydrogens is 119 g/mol. The fraction of sp³-hybridized carbons (Fsp3) is 0.333. The zero-order chi connectivity index (χ0) is 7.40. The molecule has 0 saturated heterocycles. The number of hydrogen-bond acceptors (Lipinski definition) is 0. The summed E-state index contributed by atoms with van der Waals surface area (Å²) in [5.74, 6) is 0. The van der Waals surface area contributed by atoms with Crippen molar-refractivity contribution < 1.29 is 0 Å². The van der Waals surface area contributed by atoms with E-state index >= 15 is 0 Å². The number of benzene rings is 1. The second kappa shape index (κ2) is 3.45. The van der Waals surface area contributed by atoms with Crippen molar-refractivity contribution in [2.45, 2.75) is 20.0 Å². The normalized spacial score (nSPS) is 9.40. The standard InChI is InChI=1S/C9H13B/c1-10(2)8-9-6-4-3-5-7-9/h3-7H,8H2,1-2H3. The maximum absolute atomic E-state index is 2.24. The minimum atomic E-state index is 0.766. The Labute approximate surface area is 63.3 Å². The molecule has 0 radical (unpaired) electrons. The van der Waals surface area contributed by atoms with Crippen molar-refractivity contribution in [1.29, 1.82) is 0 Å². The molecule has 0 aromatic heterocycles. The lowest BCUT2D eigenvalue weighted by atomic mass is 9.51. The van der Waals surface area contributed by atoms with Gasteiger partial charge in [0.2, 0.25) is 0 Å². The van der Waals surface area contributed by atoms with Crippen LogP contribution >= 0.6 is 0 Å². The van der Waals surface area contributed by atoms with Crippen LogP contribution in [0, 0.1) is 0 Å². The molecule has 52 valence electrons. The van der Waals surface area contributed by atoms with Gasteiger partial charge < -0.3 is 0 Å². The van der Waals surface area contributed by atoms with Gasteiger partial charge in [0.25, 0.3) is 0 Å². The maximum Gasteiger partial charge on any atom is 0.138 e. The minimum Gasteiger partial charge on any atom is -0.0860 e. The van der Waals surface area contributed by atoms with Crippen LogP contribution in [0.1, 0.15) is 5.56 Å².